The van der Waals surface area contributed by atoms with Crippen molar-refractivity contribution in [2.45, 2.75) is 20.8 Å². The Hall–Kier alpha value is -0.610. The molecule has 1 amide bonds. The second kappa shape index (κ2) is 4.49. The summed E-state index contributed by atoms with van der Waals surface area (Å²) >= 11 is 0. The summed E-state index contributed by atoms with van der Waals surface area (Å²) in [4.78, 5) is 11.5. The van der Waals surface area contributed by atoms with Gasteiger partial charge in [-0.3, -0.25) is 4.79 Å². The third kappa shape index (κ3) is 3.18. The Kier molecular flexibility index (Phi) is 3.73. The van der Waals surface area contributed by atoms with Gasteiger partial charge in [-0.05, 0) is 13.8 Å². The van der Waals surface area contributed by atoms with Crippen LogP contribution in [0.3, 0.4) is 0 Å². The molecule has 1 saturated heterocycles. The first-order chi connectivity index (χ1) is 6.90. The topological polar surface area (TPSA) is 50.4 Å². The third-order valence-corrected chi connectivity index (χ3v) is 2.86. The fraction of sp³-hybridized carbons (Fsp3) is 0.909. The summed E-state index contributed by atoms with van der Waals surface area (Å²) in [6.45, 7) is 9.32. The zero-order valence-corrected chi connectivity index (χ0v) is 10.1. The van der Waals surface area contributed by atoms with Crippen LogP contribution >= 0.6 is 0 Å². The Labute approximate surface area is 91.8 Å². The number of nitrogens with one attached hydrogen (secondary N) is 2. The van der Waals surface area contributed by atoms with Gasteiger partial charge in [-0.15, -0.1) is 0 Å². The number of rotatable bonds is 5. The van der Waals surface area contributed by atoms with Crippen molar-refractivity contribution in [1.82, 2.24) is 10.6 Å². The van der Waals surface area contributed by atoms with Gasteiger partial charge in [-0.25, -0.2) is 0 Å². The molecule has 1 aliphatic rings. The predicted octanol–water partition coefficient (Wildman–Crippen LogP) is 0.385. The Bertz CT molecular complexity index is 235. The minimum atomic E-state index is -0.351. The summed E-state index contributed by atoms with van der Waals surface area (Å²) in [5.41, 5.74) is -0.0888. The number of amides is 1. The lowest BCUT2D eigenvalue weighted by Gasteiger charge is -2.39. The highest BCUT2D eigenvalue weighted by Crippen LogP contribution is 2.25. The Morgan fingerprint density at radius 3 is 2.47 bits per heavy atom. The lowest BCUT2D eigenvalue weighted by molar-refractivity contribution is -0.129. The van der Waals surface area contributed by atoms with Gasteiger partial charge >= 0.3 is 0 Å². The molecule has 4 heteroatoms. The van der Waals surface area contributed by atoms with Gasteiger partial charge in [0, 0.05) is 25.6 Å². The molecule has 0 radical (unpaired) electrons. The van der Waals surface area contributed by atoms with Crippen LogP contribution in [0, 0.1) is 10.8 Å². The van der Waals surface area contributed by atoms with Gasteiger partial charge in [-0.1, -0.05) is 6.92 Å². The second-order valence-corrected chi connectivity index (χ2v) is 5.37. The van der Waals surface area contributed by atoms with E-state index in [9.17, 15) is 4.79 Å². The molecule has 0 saturated carbocycles. The Balaban J connectivity index is 2.26. The lowest BCUT2D eigenvalue weighted by Crippen LogP contribution is -2.50. The van der Waals surface area contributed by atoms with E-state index in [2.05, 4.69) is 17.6 Å². The molecule has 0 aromatic rings. The van der Waals surface area contributed by atoms with Gasteiger partial charge in [0.15, 0.2) is 0 Å². The highest BCUT2D eigenvalue weighted by Gasteiger charge is 2.34. The molecule has 1 rings (SSSR count). The molecule has 88 valence electrons. The Morgan fingerprint density at radius 2 is 2.07 bits per heavy atom. The van der Waals surface area contributed by atoms with Gasteiger partial charge in [0.05, 0.1) is 18.6 Å². The summed E-state index contributed by atoms with van der Waals surface area (Å²) in [7, 11) is 1.67. The lowest BCUT2D eigenvalue weighted by atomic mass is 9.87. The van der Waals surface area contributed by atoms with Crippen LogP contribution in [0.5, 0.6) is 0 Å². The molecule has 0 aliphatic carbocycles. The van der Waals surface area contributed by atoms with Crippen molar-refractivity contribution in [3.63, 3.8) is 0 Å². The van der Waals surface area contributed by atoms with Crippen molar-refractivity contribution >= 4 is 5.91 Å². The molecule has 0 atom stereocenters. The average Bonchev–Trinajstić information content (AvgIpc) is 2.13. The van der Waals surface area contributed by atoms with Crippen molar-refractivity contribution in [2.24, 2.45) is 10.8 Å². The van der Waals surface area contributed by atoms with E-state index in [0.29, 0.717) is 6.54 Å². The normalized spacial score (nSPS) is 19.5. The van der Waals surface area contributed by atoms with Crippen LogP contribution < -0.4 is 10.6 Å². The molecule has 0 bridgehead atoms. The van der Waals surface area contributed by atoms with Crippen LogP contribution in [0.4, 0.5) is 0 Å². The third-order valence-electron chi connectivity index (χ3n) is 2.86. The van der Waals surface area contributed by atoms with Crippen LogP contribution in [0.25, 0.3) is 0 Å². The number of hydrogen-bond acceptors (Lipinski definition) is 3. The maximum atomic E-state index is 11.5. The van der Waals surface area contributed by atoms with Crippen molar-refractivity contribution in [3.05, 3.63) is 0 Å². The molecule has 1 aliphatic heterocycles. The SMILES string of the molecule is CNC(=O)C(C)(C)CNCC1(C)COC1. The summed E-state index contributed by atoms with van der Waals surface area (Å²) in [5.74, 6) is 0.0741. The van der Waals surface area contributed by atoms with Gasteiger partial charge in [-0.2, -0.15) is 0 Å². The molecule has 0 unspecified atom stereocenters. The molecule has 0 aromatic carbocycles. The maximum absolute atomic E-state index is 11.5. The van der Waals surface area contributed by atoms with Gasteiger partial charge < -0.3 is 15.4 Å². The molecule has 1 fully saturated rings. The molecular formula is C11H22N2O2. The van der Waals surface area contributed by atoms with Gasteiger partial charge in [0.25, 0.3) is 0 Å². The quantitative estimate of drug-likeness (QED) is 0.696. The molecule has 4 nitrogen and oxygen atoms in total. The Morgan fingerprint density at radius 1 is 1.47 bits per heavy atom. The van der Waals surface area contributed by atoms with E-state index in [1.54, 1.807) is 7.05 Å². The highest BCUT2D eigenvalue weighted by atomic mass is 16.5. The van der Waals surface area contributed by atoms with Crippen LogP contribution in [-0.4, -0.2) is 39.3 Å². The number of carbonyl (C=O) groups excluding carboxylic acids is 1. The van der Waals surface area contributed by atoms with E-state index in [0.717, 1.165) is 19.8 Å². The number of hydrogen-bond donors (Lipinski definition) is 2. The van der Waals surface area contributed by atoms with E-state index in [1.165, 1.54) is 0 Å². The van der Waals surface area contributed by atoms with E-state index in [4.69, 9.17) is 4.74 Å². The van der Waals surface area contributed by atoms with Crippen molar-refractivity contribution < 1.29 is 9.53 Å². The van der Waals surface area contributed by atoms with Crippen molar-refractivity contribution in [3.8, 4) is 0 Å². The van der Waals surface area contributed by atoms with E-state index in [1.807, 2.05) is 13.8 Å². The fourth-order valence-electron chi connectivity index (χ4n) is 1.65. The van der Waals surface area contributed by atoms with Gasteiger partial charge in [0.1, 0.15) is 0 Å². The molecule has 0 spiro atoms. The number of ether oxygens (including phenoxy) is 1. The zero-order valence-electron chi connectivity index (χ0n) is 10.1. The number of carbonyl (C=O) groups is 1. The van der Waals surface area contributed by atoms with Crippen LogP contribution in [0.15, 0.2) is 0 Å². The first kappa shape index (κ1) is 12.5. The molecule has 15 heavy (non-hydrogen) atoms. The second-order valence-electron chi connectivity index (χ2n) is 5.37. The van der Waals surface area contributed by atoms with Crippen molar-refractivity contribution in [2.75, 3.05) is 33.4 Å². The highest BCUT2D eigenvalue weighted by molar-refractivity contribution is 5.81. The average molecular weight is 214 g/mol. The maximum Gasteiger partial charge on any atom is 0.226 e. The first-order valence-corrected chi connectivity index (χ1v) is 5.40. The van der Waals surface area contributed by atoms with Crippen molar-refractivity contribution in [1.29, 1.82) is 0 Å². The predicted molar refractivity (Wildman–Crippen MR) is 59.6 cm³/mol. The van der Waals surface area contributed by atoms with Crippen LogP contribution in [0.2, 0.25) is 0 Å². The molecular weight excluding hydrogens is 192 g/mol. The van der Waals surface area contributed by atoms with Gasteiger partial charge in [0.2, 0.25) is 5.91 Å². The molecule has 1 heterocycles. The monoisotopic (exact) mass is 214 g/mol. The largest absolute Gasteiger partial charge is 0.380 e. The summed E-state index contributed by atoms with van der Waals surface area (Å²) in [6.07, 6.45) is 0. The summed E-state index contributed by atoms with van der Waals surface area (Å²) in [5, 5.41) is 6.02. The van der Waals surface area contributed by atoms with Crippen LogP contribution in [0.1, 0.15) is 20.8 Å². The zero-order chi connectivity index (χ0) is 11.5. The molecule has 0 aromatic heterocycles. The summed E-state index contributed by atoms with van der Waals surface area (Å²) < 4.78 is 5.17. The smallest absolute Gasteiger partial charge is 0.226 e. The van der Waals surface area contributed by atoms with E-state index >= 15 is 0 Å². The first-order valence-electron chi connectivity index (χ1n) is 5.40. The standard InChI is InChI=1S/C11H22N2O2/c1-10(2,9(14)12-4)5-13-6-11(3)7-15-8-11/h13H,5-8H2,1-4H3,(H,12,14). The summed E-state index contributed by atoms with van der Waals surface area (Å²) in [6, 6.07) is 0. The van der Waals surface area contributed by atoms with E-state index in [-0.39, 0.29) is 16.7 Å². The van der Waals surface area contributed by atoms with Crippen LogP contribution in [-0.2, 0) is 9.53 Å². The van der Waals surface area contributed by atoms with E-state index < -0.39 is 0 Å². The minimum Gasteiger partial charge on any atom is -0.380 e. The molecule has 2 N–H and O–H groups in total. The minimum absolute atomic E-state index is 0.0741. The fourth-order valence-corrected chi connectivity index (χ4v) is 1.65.